The maximum absolute atomic E-state index is 12.0. The van der Waals surface area contributed by atoms with Gasteiger partial charge in [0.05, 0.1) is 20.6 Å². The molecule has 0 bridgehead atoms. The van der Waals surface area contributed by atoms with Crippen LogP contribution in [0.1, 0.15) is 16.7 Å². The highest BCUT2D eigenvalue weighted by Crippen LogP contribution is 2.25. The molecule has 0 atom stereocenters. The molecule has 0 aliphatic heterocycles. The maximum atomic E-state index is 12.0. The molecule has 2 rings (SSSR count). The van der Waals surface area contributed by atoms with Crippen molar-refractivity contribution >= 4 is 11.9 Å². The fourth-order valence-corrected chi connectivity index (χ4v) is 2.40. The first kappa shape index (κ1) is 19.3. The fraction of sp³-hybridized carbons (Fsp3) is 0.300. The summed E-state index contributed by atoms with van der Waals surface area (Å²) in [5.74, 6) is 0.322. The van der Waals surface area contributed by atoms with Crippen molar-refractivity contribution in [3.05, 3.63) is 59.2 Å². The standard InChI is InChI=1S/C20H23NO5/c1-14-6-4-5-7-16(14)12-21-19(22)13-26-20(23)10-15-8-9-17(24-2)11-18(15)25-3/h4-9,11H,10,12-13H2,1-3H3,(H,21,22). The number of amides is 1. The molecule has 0 aromatic heterocycles. The Morgan fingerprint density at radius 2 is 1.77 bits per heavy atom. The summed E-state index contributed by atoms with van der Waals surface area (Å²) < 4.78 is 15.4. The SMILES string of the molecule is COc1ccc(CC(=O)OCC(=O)NCc2ccccc2C)c(OC)c1. The van der Waals surface area contributed by atoms with Gasteiger partial charge in [-0.25, -0.2) is 0 Å². The molecule has 0 aliphatic rings. The molecule has 1 amide bonds. The van der Waals surface area contributed by atoms with Gasteiger partial charge >= 0.3 is 5.97 Å². The predicted molar refractivity (Wildman–Crippen MR) is 97.2 cm³/mol. The average molecular weight is 357 g/mol. The van der Waals surface area contributed by atoms with E-state index in [0.717, 1.165) is 11.1 Å². The molecule has 6 nitrogen and oxygen atoms in total. The minimum Gasteiger partial charge on any atom is -0.497 e. The molecule has 0 aliphatic carbocycles. The first-order chi connectivity index (χ1) is 12.5. The Hall–Kier alpha value is -3.02. The predicted octanol–water partition coefficient (Wildman–Crippen LogP) is 2.41. The Labute approximate surface area is 153 Å². The molecule has 0 saturated carbocycles. The number of ether oxygens (including phenoxy) is 3. The van der Waals surface area contributed by atoms with E-state index >= 15 is 0 Å². The second kappa shape index (κ2) is 9.46. The van der Waals surface area contributed by atoms with Gasteiger partial charge in [-0.1, -0.05) is 30.3 Å². The Balaban J connectivity index is 1.81. The second-order valence-corrected chi connectivity index (χ2v) is 5.72. The first-order valence-corrected chi connectivity index (χ1v) is 8.21. The number of aryl methyl sites for hydroxylation is 1. The van der Waals surface area contributed by atoms with Crippen molar-refractivity contribution in [3.8, 4) is 11.5 Å². The van der Waals surface area contributed by atoms with E-state index in [1.54, 1.807) is 25.3 Å². The topological polar surface area (TPSA) is 73.9 Å². The van der Waals surface area contributed by atoms with Gasteiger partial charge in [0.15, 0.2) is 6.61 Å². The van der Waals surface area contributed by atoms with Crippen LogP contribution in [0.2, 0.25) is 0 Å². The first-order valence-electron chi connectivity index (χ1n) is 8.21. The number of carbonyl (C=O) groups excluding carboxylic acids is 2. The molecule has 138 valence electrons. The number of carbonyl (C=O) groups is 2. The van der Waals surface area contributed by atoms with E-state index in [1.165, 1.54) is 7.11 Å². The van der Waals surface area contributed by atoms with Crippen LogP contribution in [0.25, 0.3) is 0 Å². The van der Waals surface area contributed by atoms with Crippen molar-refractivity contribution in [1.82, 2.24) is 5.32 Å². The van der Waals surface area contributed by atoms with Crippen LogP contribution >= 0.6 is 0 Å². The molecule has 0 unspecified atom stereocenters. The Bertz CT molecular complexity index is 773. The molecule has 6 heteroatoms. The van der Waals surface area contributed by atoms with Gasteiger partial charge in [-0.05, 0) is 24.1 Å². The summed E-state index contributed by atoms with van der Waals surface area (Å²) >= 11 is 0. The van der Waals surface area contributed by atoms with E-state index in [-0.39, 0.29) is 18.9 Å². The largest absolute Gasteiger partial charge is 0.497 e. The normalized spacial score (nSPS) is 10.1. The van der Waals surface area contributed by atoms with E-state index in [2.05, 4.69) is 5.32 Å². The van der Waals surface area contributed by atoms with E-state index in [0.29, 0.717) is 23.6 Å². The molecule has 2 aromatic carbocycles. The van der Waals surface area contributed by atoms with Crippen LogP contribution in [0.5, 0.6) is 11.5 Å². The van der Waals surface area contributed by atoms with Crippen molar-refractivity contribution in [3.63, 3.8) is 0 Å². The number of benzene rings is 2. The van der Waals surface area contributed by atoms with Crippen molar-refractivity contribution in [2.24, 2.45) is 0 Å². The minimum atomic E-state index is -0.500. The van der Waals surface area contributed by atoms with Crippen LogP contribution in [0, 0.1) is 6.92 Å². The lowest BCUT2D eigenvalue weighted by atomic mass is 10.1. The van der Waals surface area contributed by atoms with Crippen LogP contribution < -0.4 is 14.8 Å². The van der Waals surface area contributed by atoms with Gasteiger partial charge in [0.25, 0.3) is 5.91 Å². The maximum Gasteiger partial charge on any atom is 0.310 e. The van der Waals surface area contributed by atoms with Gasteiger partial charge in [0.2, 0.25) is 0 Å². The van der Waals surface area contributed by atoms with Crippen molar-refractivity contribution < 1.29 is 23.8 Å². The van der Waals surface area contributed by atoms with Crippen LogP contribution in [-0.4, -0.2) is 32.7 Å². The molecule has 26 heavy (non-hydrogen) atoms. The monoisotopic (exact) mass is 357 g/mol. The molecular weight excluding hydrogens is 334 g/mol. The summed E-state index contributed by atoms with van der Waals surface area (Å²) in [7, 11) is 3.07. The van der Waals surface area contributed by atoms with Crippen LogP contribution in [0.4, 0.5) is 0 Å². The molecular formula is C20H23NO5. The summed E-state index contributed by atoms with van der Waals surface area (Å²) in [6.07, 6.45) is 0.0121. The smallest absolute Gasteiger partial charge is 0.310 e. The lowest BCUT2D eigenvalue weighted by Gasteiger charge is -2.11. The summed E-state index contributed by atoms with van der Waals surface area (Å²) in [4.78, 5) is 23.8. The van der Waals surface area contributed by atoms with Gasteiger partial charge in [-0.3, -0.25) is 9.59 Å². The Kier molecular flexibility index (Phi) is 7.02. The van der Waals surface area contributed by atoms with Gasteiger partial charge < -0.3 is 19.5 Å². The van der Waals surface area contributed by atoms with Crippen LogP contribution in [-0.2, 0) is 27.3 Å². The van der Waals surface area contributed by atoms with Crippen molar-refractivity contribution in [2.75, 3.05) is 20.8 Å². The summed E-state index contributed by atoms with van der Waals surface area (Å²) in [5, 5.41) is 2.74. The summed E-state index contributed by atoms with van der Waals surface area (Å²) in [5.41, 5.74) is 2.78. The van der Waals surface area contributed by atoms with Gasteiger partial charge in [0.1, 0.15) is 11.5 Å². The van der Waals surface area contributed by atoms with Crippen LogP contribution in [0.15, 0.2) is 42.5 Å². The number of rotatable bonds is 8. The lowest BCUT2D eigenvalue weighted by Crippen LogP contribution is -2.29. The molecule has 0 saturated heterocycles. The highest BCUT2D eigenvalue weighted by molar-refractivity contribution is 5.81. The summed E-state index contributed by atoms with van der Waals surface area (Å²) in [6.45, 7) is 2.06. The van der Waals surface area contributed by atoms with E-state index in [4.69, 9.17) is 14.2 Å². The highest BCUT2D eigenvalue weighted by Gasteiger charge is 2.13. The van der Waals surface area contributed by atoms with Gasteiger partial charge in [0, 0.05) is 18.2 Å². The zero-order chi connectivity index (χ0) is 18.9. The number of nitrogens with one attached hydrogen (secondary N) is 1. The molecule has 1 N–H and O–H groups in total. The van der Waals surface area contributed by atoms with Crippen molar-refractivity contribution in [1.29, 1.82) is 0 Å². The Morgan fingerprint density at radius 1 is 1.00 bits per heavy atom. The molecule has 2 aromatic rings. The lowest BCUT2D eigenvalue weighted by molar-refractivity contribution is -0.147. The zero-order valence-electron chi connectivity index (χ0n) is 15.2. The third-order valence-electron chi connectivity index (χ3n) is 3.93. The number of hydrogen-bond donors (Lipinski definition) is 1. The third-order valence-corrected chi connectivity index (χ3v) is 3.93. The number of esters is 1. The van der Waals surface area contributed by atoms with Gasteiger partial charge in [-0.2, -0.15) is 0 Å². The number of methoxy groups -OCH3 is 2. The second-order valence-electron chi connectivity index (χ2n) is 5.72. The number of hydrogen-bond acceptors (Lipinski definition) is 5. The van der Waals surface area contributed by atoms with Gasteiger partial charge in [-0.15, -0.1) is 0 Å². The van der Waals surface area contributed by atoms with Crippen LogP contribution in [0.3, 0.4) is 0 Å². The summed E-state index contributed by atoms with van der Waals surface area (Å²) in [6, 6.07) is 12.9. The van der Waals surface area contributed by atoms with E-state index < -0.39 is 5.97 Å². The average Bonchev–Trinajstić information content (AvgIpc) is 2.66. The quantitative estimate of drug-likeness (QED) is 0.735. The van der Waals surface area contributed by atoms with E-state index in [9.17, 15) is 9.59 Å². The van der Waals surface area contributed by atoms with Crippen molar-refractivity contribution in [2.45, 2.75) is 19.9 Å². The van der Waals surface area contributed by atoms with E-state index in [1.807, 2.05) is 31.2 Å². The zero-order valence-corrected chi connectivity index (χ0v) is 15.2. The minimum absolute atomic E-state index is 0.0121. The molecule has 0 radical (unpaired) electrons. The fourth-order valence-electron chi connectivity index (χ4n) is 2.40. The highest BCUT2D eigenvalue weighted by atomic mass is 16.5. The molecule has 0 spiro atoms. The molecule has 0 heterocycles. The molecule has 0 fully saturated rings. The Morgan fingerprint density at radius 3 is 2.46 bits per heavy atom. The third kappa shape index (κ3) is 5.51.